The molecular weight excluding hydrogens is 226 g/mol. The van der Waals surface area contributed by atoms with Gasteiger partial charge in [-0.3, -0.25) is 0 Å². The fraction of sp³-hybridized carbons (Fsp3) is 0.700. The van der Waals surface area contributed by atoms with Crippen LogP contribution in [0.1, 0.15) is 31.8 Å². The number of aromatic nitrogens is 2. The monoisotopic (exact) mass is 241 g/mol. The molecule has 0 spiro atoms. The second kappa shape index (κ2) is 4.70. The van der Waals surface area contributed by atoms with Gasteiger partial charge in [-0.05, 0) is 24.9 Å². The number of hydrogen-bond acceptors (Lipinski definition) is 6. The zero-order valence-electron chi connectivity index (χ0n) is 9.79. The van der Waals surface area contributed by atoms with Crippen LogP contribution in [0.4, 0.5) is 5.95 Å². The van der Waals surface area contributed by atoms with E-state index in [9.17, 15) is 4.79 Å². The molecule has 1 aromatic heterocycles. The van der Waals surface area contributed by atoms with Crippen LogP contribution in [0.2, 0.25) is 0 Å². The van der Waals surface area contributed by atoms with Gasteiger partial charge < -0.3 is 19.3 Å². The molecule has 1 aromatic rings. The molecule has 1 fully saturated rings. The first-order valence-corrected chi connectivity index (χ1v) is 5.54. The lowest BCUT2D eigenvalue weighted by atomic mass is 10.2. The van der Waals surface area contributed by atoms with E-state index in [0.29, 0.717) is 24.7 Å². The van der Waals surface area contributed by atoms with Crippen molar-refractivity contribution in [3.8, 4) is 0 Å². The highest BCUT2D eigenvalue weighted by Gasteiger charge is 2.34. The molecule has 0 bridgehead atoms. The van der Waals surface area contributed by atoms with E-state index in [2.05, 4.69) is 10.1 Å². The van der Waals surface area contributed by atoms with Gasteiger partial charge in [-0.25, -0.2) is 4.79 Å². The largest absolute Gasteiger partial charge is 0.479 e. The molecular formula is C10H15N3O4. The lowest BCUT2D eigenvalue weighted by Crippen LogP contribution is -2.19. The number of carboxylic acid groups (broad SMARTS) is 1. The minimum Gasteiger partial charge on any atom is -0.479 e. The van der Waals surface area contributed by atoms with Crippen LogP contribution in [0, 0.1) is 0 Å². The zero-order valence-corrected chi connectivity index (χ0v) is 9.79. The SMILES string of the molecule is CCN(C)c1noc(C2CCC(C(=O)O)O2)n1. The maximum Gasteiger partial charge on any atom is 0.332 e. The predicted molar refractivity (Wildman–Crippen MR) is 57.7 cm³/mol. The van der Waals surface area contributed by atoms with Crippen molar-refractivity contribution >= 4 is 11.9 Å². The number of anilines is 1. The lowest BCUT2D eigenvalue weighted by Gasteiger charge is -2.09. The molecule has 2 heterocycles. The first-order valence-electron chi connectivity index (χ1n) is 5.54. The van der Waals surface area contributed by atoms with Crippen molar-refractivity contribution in [1.82, 2.24) is 10.1 Å². The van der Waals surface area contributed by atoms with Crippen LogP contribution in [-0.2, 0) is 9.53 Å². The van der Waals surface area contributed by atoms with Crippen molar-refractivity contribution in [2.24, 2.45) is 0 Å². The summed E-state index contributed by atoms with van der Waals surface area (Å²) in [6, 6.07) is 0. The highest BCUT2D eigenvalue weighted by Crippen LogP contribution is 2.32. The number of nitrogens with zero attached hydrogens (tertiary/aromatic N) is 3. The average Bonchev–Trinajstić information content (AvgIpc) is 2.95. The van der Waals surface area contributed by atoms with E-state index < -0.39 is 18.2 Å². The summed E-state index contributed by atoms with van der Waals surface area (Å²) < 4.78 is 10.4. The molecule has 0 aliphatic carbocycles. The van der Waals surface area contributed by atoms with E-state index >= 15 is 0 Å². The van der Waals surface area contributed by atoms with Gasteiger partial charge in [0.25, 0.3) is 11.8 Å². The molecule has 94 valence electrons. The van der Waals surface area contributed by atoms with Crippen molar-refractivity contribution in [3.63, 3.8) is 0 Å². The Kier molecular flexibility index (Phi) is 3.28. The third-order valence-corrected chi connectivity index (χ3v) is 2.82. The Morgan fingerprint density at radius 1 is 1.59 bits per heavy atom. The van der Waals surface area contributed by atoms with E-state index in [4.69, 9.17) is 14.4 Å². The second-order valence-corrected chi connectivity index (χ2v) is 3.98. The summed E-state index contributed by atoms with van der Waals surface area (Å²) in [7, 11) is 1.85. The van der Waals surface area contributed by atoms with Crippen molar-refractivity contribution in [1.29, 1.82) is 0 Å². The third kappa shape index (κ3) is 2.38. The molecule has 0 amide bonds. The Balaban J connectivity index is 2.04. The van der Waals surface area contributed by atoms with Crippen LogP contribution < -0.4 is 4.90 Å². The van der Waals surface area contributed by atoms with E-state index in [-0.39, 0.29) is 0 Å². The zero-order chi connectivity index (χ0) is 12.4. The Morgan fingerprint density at radius 3 is 2.94 bits per heavy atom. The third-order valence-electron chi connectivity index (χ3n) is 2.82. The van der Waals surface area contributed by atoms with Crippen molar-refractivity contribution in [2.75, 3.05) is 18.5 Å². The van der Waals surface area contributed by atoms with Gasteiger partial charge in [-0.2, -0.15) is 4.98 Å². The summed E-state index contributed by atoms with van der Waals surface area (Å²) in [5.74, 6) is -0.105. The van der Waals surface area contributed by atoms with Gasteiger partial charge in [0.1, 0.15) is 6.10 Å². The second-order valence-electron chi connectivity index (χ2n) is 3.98. The maximum atomic E-state index is 10.7. The highest BCUT2D eigenvalue weighted by atomic mass is 16.6. The molecule has 0 aromatic carbocycles. The summed E-state index contributed by atoms with van der Waals surface area (Å²) in [5.41, 5.74) is 0. The molecule has 2 unspecified atom stereocenters. The molecule has 1 aliphatic heterocycles. The molecule has 7 nitrogen and oxygen atoms in total. The summed E-state index contributed by atoms with van der Waals surface area (Å²) in [6.07, 6.45) is -0.0997. The van der Waals surface area contributed by atoms with Gasteiger partial charge in [0.15, 0.2) is 6.10 Å². The molecule has 1 saturated heterocycles. The van der Waals surface area contributed by atoms with Gasteiger partial charge in [0.05, 0.1) is 0 Å². The number of rotatable bonds is 4. The average molecular weight is 241 g/mol. The first-order chi connectivity index (χ1) is 8.11. The summed E-state index contributed by atoms with van der Waals surface area (Å²) >= 11 is 0. The minimum atomic E-state index is -0.946. The maximum absolute atomic E-state index is 10.7. The topological polar surface area (TPSA) is 88.7 Å². The van der Waals surface area contributed by atoms with Crippen LogP contribution in [-0.4, -0.2) is 40.9 Å². The molecule has 17 heavy (non-hydrogen) atoms. The number of ether oxygens (including phenoxy) is 1. The fourth-order valence-corrected chi connectivity index (χ4v) is 1.65. The number of carboxylic acids is 1. The van der Waals surface area contributed by atoms with Crippen LogP contribution in [0.5, 0.6) is 0 Å². The lowest BCUT2D eigenvalue weighted by molar-refractivity contribution is -0.150. The molecule has 7 heteroatoms. The van der Waals surface area contributed by atoms with Gasteiger partial charge in [0, 0.05) is 13.6 Å². The summed E-state index contributed by atoms with van der Waals surface area (Å²) in [4.78, 5) is 16.8. The molecule has 2 rings (SSSR count). The Morgan fingerprint density at radius 2 is 2.35 bits per heavy atom. The Bertz CT molecular complexity index is 406. The molecule has 1 N–H and O–H groups in total. The summed E-state index contributed by atoms with van der Waals surface area (Å²) in [6.45, 7) is 2.74. The van der Waals surface area contributed by atoms with Gasteiger partial charge >= 0.3 is 5.97 Å². The molecule has 2 atom stereocenters. The smallest absolute Gasteiger partial charge is 0.332 e. The van der Waals surface area contributed by atoms with E-state index in [0.717, 1.165) is 6.54 Å². The van der Waals surface area contributed by atoms with Gasteiger partial charge in [0.2, 0.25) is 0 Å². The minimum absolute atomic E-state index is 0.351. The summed E-state index contributed by atoms with van der Waals surface area (Å²) in [5, 5.41) is 12.6. The normalized spacial score (nSPS) is 23.9. The highest BCUT2D eigenvalue weighted by molar-refractivity contribution is 5.72. The van der Waals surface area contributed by atoms with Crippen molar-refractivity contribution < 1.29 is 19.2 Å². The van der Waals surface area contributed by atoms with Gasteiger partial charge in [-0.1, -0.05) is 0 Å². The van der Waals surface area contributed by atoms with E-state index in [1.165, 1.54) is 0 Å². The van der Waals surface area contributed by atoms with Crippen LogP contribution in [0.3, 0.4) is 0 Å². The van der Waals surface area contributed by atoms with Crippen molar-refractivity contribution in [3.05, 3.63) is 5.89 Å². The standard InChI is InChI=1S/C10H15N3O4/c1-3-13(2)10-11-8(17-12-10)6-4-5-7(16-6)9(14)15/h6-7H,3-5H2,1-2H3,(H,14,15). The molecule has 0 radical (unpaired) electrons. The van der Waals surface area contributed by atoms with Crippen LogP contribution in [0.25, 0.3) is 0 Å². The number of carbonyl (C=O) groups is 1. The van der Waals surface area contributed by atoms with Crippen molar-refractivity contribution in [2.45, 2.75) is 32.0 Å². The predicted octanol–water partition coefficient (Wildman–Crippen LogP) is 0.830. The van der Waals surface area contributed by atoms with Crippen LogP contribution >= 0.6 is 0 Å². The van der Waals surface area contributed by atoms with E-state index in [1.54, 1.807) is 0 Å². The number of aliphatic carboxylic acids is 1. The Hall–Kier alpha value is -1.63. The quantitative estimate of drug-likeness (QED) is 0.835. The fourth-order valence-electron chi connectivity index (χ4n) is 1.65. The Labute approximate surface area is 98.4 Å². The first kappa shape index (κ1) is 11.8. The molecule has 0 saturated carbocycles. The molecule has 1 aliphatic rings. The van der Waals surface area contributed by atoms with E-state index in [1.807, 2.05) is 18.9 Å². The van der Waals surface area contributed by atoms with Crippen LogP contribution in [0.15, 0.2) is 4.52 Å². The number of hydrogen-bond donors (Lipinski definition) is 1. The van der Waals surface area contributed by atoms with Gasteiger partial charge in [-0.15, -0.1) is 0 Å².